The van der Waals surface area contributed by atoms with Crippen molar-refractivity contribution in [1.82, 2.24) is 5.32 Å². The maximum absolute atomic E-state index is 11.5. The quantitative estimate of drug-likeness (QED) is 0.185. The highest BCUT2D eigenvalue weighted by molar-refractivity contribution is 5.88. The number of nitrogens with two attached hydrogens (primary N) is 3. The molecule has 0 aromatic heterocycles. The van der Waals surface area contributed by atoms with Gasteiger partial charge in [0.25, 0.3) is 0 Å². The Bertz CT molecular complexity index is 329. The fourth-order valence-electron chi connectivity index (χ4n) is 1.51. The molecule has 20 heavy (non-hydrogen) atoms. The Morgan fingerprint density at radius 3 is 2.50 bits per heavy atom. The summed E-state index contributed by atoms with van der Waals surface area (Å²) < 4.78 is 0. The topological polar surface area (TPSA) is 157 Å². The lowest BCUT2D eigenvalue weighted by molar-refractivity contribution is -0.141. The zero-order valence-electron chi connectivity index (χ0n) is 11.5. The minimum Gasteiger partial charge on any atom is -0.480 e. The summed E-state index contributed by atoms with van der Waals surface area (Å²) in [5, 5.41) is 11.5. The van der Waals surface area contributed by atoms with Gasteiger partial charge in [0.05, 0.1) is 0 Å². The van der Waals surface area contributed by atoms with Gasteiger partial charge in [-0.1, -0.05) is 6.42 Å². The monoisotopic (exact) mass is 286 g/mol. The van der Waals surface area contributed by atoms with E-state index in [1.807, 2.05) is 0 Å². The van der Waals surface area contributed by atoms with E-state index in [0.29, 0.717) is 25.9 Å². The Kier molecular flexibility index (Phi) is 10.0. The molecule has 0 rings (SSSR count). The number of hydrogen-bond acceptors (Lipinski definition) is 4. The van der Waals surface area contributed by atoms with E-state index in [9.17, 15) is 9.59 Å². The van der Waals surface area contributed by atoms with Gasteiger partial charge in [-0.15, -0.1) is 0 Å². The molecule has 8 heteroatoms. The van der Waals surface area contributed by atoms with Crippen LogP contribution in [0.3, 0.4) is 0 Å². The lowest BCUT2D eigenvalue weighted by Crippen LogP contribution is -2.41. The predicted molar refractivity (Wildman–Crippen MR) is 76.7 cm³/mol. The molecule has 0 aliphatic carbocycles. The van der Waals surface area contributed by atoms with Crippen LogP contribution >= 0.6 is 0 Å². The Morgan fingerprint density at radius 2 is 1.95 bits per heavy atom. The van der Waals surface area contributed by atoms with Gasteiger partial charge >= 0.3 is 5.97 Å². The number of aliphatic carboxylic acids is 1. The van der Waals surface area contributed by atoms with Crippen LogP contribution in [0.4, 0.5) is 0 Å². The van der Waals surface area contributed by atoms with Gasteiger partial charge in [0.1, 0.15) is 6.04 Å². The second kappa shape index (κ2) is 11.0. The summed E-state index contributed by atoms with van der Waals surface area (Å²) in [4.78, 5) is 26.3. The molecule has 0 aliphatic rings. The van der Waals surface area contributed by atoms with Crippen LogP contribution in [0.5, 0.6) is 0 Å². The number of carboxylic acids is 1. The molecule has 0 fully saturated rings. The normalized spacial score (nSPS) is 11.7. The number of nitrogens with one attached hydrogen (secondary N) is 1. The number of carbonyl (C=O) groups excluding carboxylic acids is 1. The zero-order valence-corrected chi connectivity index (χ0v) is 11.5. The van der Waals surface area contributed by atoms with Crippen LogP contribution in [-0.2, 0) is 9.59 Å². The molecule has 0 saturated heterocycles. The largest absolute Gasteiger partial charge is 0.480 e. The lowest BCUT2D eigenvalue weighted by Gasteiger charge is -2.13. The Labute approximate surface area is 118 Å². The highest BCUT2D eigenvalue weighted by Crippen LogP contribution is 2.01. The van der Waals surface area contributed by atoms with Gasteiger partial charge in [-0.25, -0.2) is 4.79 Å². The van der Waals surface area contributed by atoms with Crippen LogP contribution in [0, 0.1) is 6.42 Å². The van der Waals surface area contributed by atoms with Crippen LogP contribution in [0.25, 0.3) is 0 Å². The van der Waals surface area contributed by atoms with Crippen molar-refractivity contribution in [2.45, 2.75) is 38.1 Å². The number of carbonyl (C=O) groups is 2. The Balaban J connectivity index is 3.97. The molecule has 8 nitrogen and oxygen atoms in total. The summed E-state index contributed by atoms with van der Waals surface area (Å²) in [7, 11) is 0. The first-order valence-electron chi connectivity index (χ1n) is 6.59. The average molecular weight is 286 g/mol. The van der Waals surface area contributed by atoms with Gasteiger partial charge in [0, 0.05) is 13.0 Å². The van der Waals surface area contributed by atoms with E-state index in [0.717, 1.165) is 12.8 Å². The third kappa shape index (κ3) is 10.1. The maximum atomic E-state index is 11.5. The predicted octanol–water partition coefficient (Wildman–Crippen LogP) is -1.06. The fraction of sp³-hybridized carbons (Fsp3) is 0.667. The number of nitrogens with zero attached hydrogens (tertiary/aromatic N) is 1. The molecular formula is C12H24N5O3. The van der Waals surface area contributed by atoms with Crippen molar-refractivity contribution in [3.8, 4) is 0 Å². The van der Waals surface area contributed by atoms with Crippen molar-refractivity contribution >= 4 is 17.8 Å². The van der Waals surface area contributed by atoms with E-state index < -0.39 is 12.0 Å². The van der Waals surface area contributed by atoms with Crippen molar-refractivity contribution in [3.63, 3.8) is 0 Å². The second-order valence-corrected chi connectivity index (χ2v) is 4.34. The van der Waals surface area contributed by atoms with E-state index in [4.69, 9.17) is 22.3 Å². The van der Waals surface area contributed by atoms with E-state index in [1.54, 1.807) is 0 Å². The van der Waals surface area contributed by atoms with Crippen LogP contribution in [0.1, 0.15) is 32.1 Å². The van der Waals surface area contributed by atoms with Crippen LogP contribution < -0.4 is 22.5 Å². The average Bonchev–Trinajstić information content (AvgIpc) is 2.37. The zero-order chi connectivity index (χ0) is 15.4. The SMILES string of the molecule is NCCCC[CH]C(=O)N[C@@H](CCCN=C(N)N)C(=O)O. The van der Waals surface area contributed by atoms with Gasteiger partial charge in [-0.3, -0.25) is 9.79 Å². The van der Waals surface area contributed by atoms with Gasteiger partial charge in [-0.05, 0) is 32.2 Å². The van der Waals surface area contributed by atoms with Crippen molar-refractivity contribution in [2.24, 2.45) is 22.2 Å². The highest BCUT2D eigenvalue weighted by atomic mass is 16.4. The first-order chi connectivity index (χ1) is 9.47. The molecule has 1 radical (unpaired) electrons. The van der Waals surface area contributed by atoms with Crippen molar-refractivity contribution < 1.29 is 14.7 Å². The molecule has 0 saturated carbocycles. The summed E-state index contributed by atoms with van der Waals surface area (Å²) in [5.74, 6) is -1.48. The van der Waals surface area contributed by atoms with Gasteiger partial charge in [0.2, 0.25) is 5.91 Å². The first kappa shape index (κ1) is 18.2. The molecule has 1 atom stereocenters. The van der Waals surface area contributed by atoms with Crippen molar-refractivity contribution in [2.75, 3.05) is 13.1 Å². The lowest BCUT2D eigenvalue weighted by atomic mass is 10.1. The molecule has 0 heterocycles. The highest BCUT2D eigenvalue weighted by Gasteiger charge is 2.19. The van der Waals surface area contributed by atoms with Crippen LogP contribution in [0.15, 0.2) is 4.99 Å². The van der Waals surface area contributed by atoms with Gasteiger partial charge in [-0.2, -0.15) is 0 Å². The number of hydrogen-bond donors (Lipinski definition) is 5. The Morgan fingerprint density at radius 1 is 1.25 bits per heavy atom. The standard InChI is InChI=1S/C12H24N5O3/c13-7-3-1-2-6-10(18)17-9(11(19)20)5-4-8-16-12(14)15/h6,9H,1-5,7-8,13H2,(H,17,18)(H,19,20)(H4,14,15,16)/t9-/m0/s1. The number of guanidine groups is 1. The first-order valence-corrected chi connectivity index (χ1v) is 6.59. The minimum absolute atomic E-state index is 0.0332. The maximum Gasteiger partial charge on any atom is 0.326 e. The molecule has 0 aromatic carbocycles. The van der Waals surface area contributed by atoms with E-state index >= 15 is 0 Å². The van der Waals surface area contributed by atoms with Crippen molar-refractivity contribution in [3.05, 3.63) is 6.42 Å². The molecule has 0 aliphatic heterocycles. The minimum atomic E-state index is -1.07. The number of carboxylic acid groups (broad SMARTS) is 1. The number of rotatable bonds is 11. The third-order valence-electron chi connectivity index (χ3n) is 2.55. The van der Waals surface area contributed by atoms with E-state index in [-0.39, 0.29) is 18.3 Å². The van der Waals surface area contributed by atoms with Crippen LogP contribution in [-0.4, -0.2) is 42.1 Å². The number of unbranched alkanes of at least 4 members (excludes halogenated alkanes) is 2. The number of amides is 1. The molecule has 0 unspecified atom stereocenters. The second-order valence-electron chi connectivity index (χ2n) is 4.34. The van der Waals surface area contributed by atoms with Gasteiger partial charge < -0.3 is 27.6 Å². The number of aliphatic imine (C=N–C) groups is 1. The molecular weight excluding hydrogens is 262 g/mol. The third-order valence-corrected chi connectivity index (χ3v) is 2.55. The van der Waals surface area contributed by atoms with Crippen LogP contribution in [0.2, 0.25) is 0 Å². The summed E-state index contributed by atoms with van der Waals surface area (Å²) in [6.07, 6.45) is 4.43. The molecule has 0 spiro atoms. The summed E-state index contributed by atoms with van der Waals surface area (Å²) in [6, 6.07) is -0.928. The summed E-state index contributed by atoms with van der Waals surface area (Å²) in [5.41, 5.74) is 15.6. The molecule has 8 N–H and O–H groups in total. The molecule has 1 amide bonds. The molecule has 0 aromatic rings. The van der Waals surface area contributed by atoms with E-state index in [1.165, 1.54) is 6.42 Å². The van der Waals surface area contributed by atoms with Gasteiger partial charge in [0.15, 0.2) is 5.96 Å². The molecule has 115 valence electrons. The van der Waals surface area contributed by atoms with E-state index in [2.05, 4.69) is 10.3 Å². The Hall–Kier alpha value is -1.83. The molecule has 0 bridgehead atoms. The fourth-order valence-corrected chi connectivity index (χ4v) is 1.51. The van der Waals surface area contributed by atoms with Crippen molar-refractivity contribution in [1.29, 1.82) is 0 Å². The summed E-state index contributed by atoms with van der Waals surface area (Å²) >= 11 is 0. The smallest absolute Gasteiger partial charge is 0.326 e. The summed E-state index contributed by atoms with van der Waals surface area (Å²) in [6.45, 7) is 0.917.